The normalized spacial score (nSPS) is 15.5. The highest BCUT2D eigenvalue weighted by molar-refractivity contribution is 9.10. The molecule has 1 N–H and O–H groups in total. The van der Waals surface area contributed by atoms with E-state index in [0.29, 0.717) is 4.47 Å². The lowest BCUT2D eigenvalue weighted by atomic mass is 10.2. The van der Waals surface area contributed by atoms with E-state index < -0.39 is 15.0 Å². The van der Waals surface area contributed by atoms with Crippen LogP contribution in [-0.2, 0) is 9.05 Å². The Kier molecular flexibility index (Phi) is 3.92. The monoisotopic (exact) mass is 371 g/mol. The second-order valence-electron chi connectivity index (χ2n) is 3.95. The zero-order valence-electron chi connectivity index (χ0n) is 8.91. The number of hydrogen-bond acceptors (Lipinski definition) is 3. The molecule has 1 aromatic carbocycles. The summed E-state index contributed by atoms with van der Waals surface area (Å²) in [4.78, 5) is 11.7. The Hall–Kier alpha value is -0.300. The summed E-state index contributed by atoms with van der Waals surface area (Å²) < 4.78 is 22.9. The van der Waals surface area contributed by atoms with Crippen molar-refractivity contribution in [1.82, 2.24) is 5.32 Å². The van der Waals surface area contributed by atoms with Gasteiger partial charge in [-0.1, -0.05) is 11.6 Å². The standard InChI is InChI=1S/C10H8BrCl2NO3S/c11-8-4-6(18(13,16)17)3-7(9(8)12)10(15)14-5-1-2-5/h3-5H,1-2H2,(H,14,15). The molecule has 1 saturated carbocycles. The summed E-state index contributed by atoms with van der Waals surface area (Å²) in [5, 5.41) is 2.90. The van der Waals surface area contributed by atoms with Crippen LogP contribution in [0.1, 0.15) is 23.2 Å². The lowest BCUT2D eigenvalue weighted by Crippen LogP contribution is -2.25. The van der Waals surface area contributed by atoms with Gasteiger partial charge >= 0.3 is 0 Å². The molecule has 0 spiro atoms. The summed E-state index contributed by atoms with van der Waals surface area (Å²) in [5.74, 6) is -0.398. The predicted molar refractivity (Wildman–Crippen MR) is 72.7 cm³/mol. The van der Waals surface area contributed by atoms with Gasteiger partial charge in [-0.15, -0.1) is 0 Å². The average Bonchev–Trinajstić information content (AvgIpc) is 3.03. The molecule has 0 atom stereocenters. The molecule has 1 aliphatic carbocycles. The van der Waals surface area contributed by atoms with Gasteiger partial charge < -0.3 is 5.32 Å². The van der Waals surface area contributed by atoms with Crippen LogP contribution >= 0.6 is 38.2 Å². The fourth-order valence-corrected chi connectivity index (χ4v) is 2.95. The van der Waals surface area contributed by atoms with Crippen LogP contribution < -0.4 is 5.32 Å². The van der Waals surface area contributed by atoms with Crippen LogP contribution in [0.15, 0.2) is 21.5 Å². The summed E-state index contributed by atoms with van der Waals surface area (Å²) in [6.07, 6.45) is 1.86. The first-order valence-corrected chi connectivity index (χ1v) is 8.51. The largest absolute Gasteiger partial charge is 0.349 e. The first-order chi connectivity index (χ1) is 8.29. The zero-order chi connectivity index (χ0) is 13.5. The number of carbonyl (C=O) groups is 1. The van der Waals surface area contributed by atoms with E-state index in [1.807, 2.05) is 0 Å². The Morgan fingerprint density at radius 2 is 2.00 bits per heavy atom. The van der Waals surface area contributed by atoms with Gasteiger partial charge in [-0.2, -0.15) is 0 Å². The maximum atomic E-state index is 11.9. The minimum atomic E-state index is -3.91. The maximum absolute atomic E-state index is 11.9. The first-order valence-electron chi connectivity index (χ1n) is 5.03. The van der Waals surface area contributed by atoms with E-state index in [9.17, 15) is 13.2 Å². The Morgan fingerprint density at radius 1 is 1.39 bits per heavy atom. The van der Waals surface area contributed by atoms with Gasteiger partial charge in [0.25, 0.3) is 15.0 Å². The molecular formula is C10H8BrCl2NO3S. The number of carbonyl (C=O) groups excluding carboxylic acids is 1. The highest BCUT2D eigenvalue weighted by Crippen LogP contribution is 2.31. The van der Waals surface area contributed by atoms with E-state index in [2.05, 4.69) is 21.2 Å². The third kappa shape index (κ3) is 3.17. The number of halogens is 3. The summed E-state index contributed by atoms with van der Waals surface area (Å²) in [6, 6.07) is 2.59. The average molecular weight is 373 g/mol. The Balaban J connectivity index is 2.44. The second-order valence-corrected chi connectivity index (χ2v) is 7.75. The minimum absolute atomic E-state index is 0.0946. The van der Waals surface area contributed by atoms with Crippen molar-refractivity contribution in [2.24, 2.45) is 0 Å². The predicted octanol–water partition coefficient (Wildman–Crippen LogP) is 2.92. The van der Waals surface area contributed by atoms with Crippen molar-refractivity contribution in [2.75, 3.05) is 0 Å². The molecule has 18 heavy (non-hydrogen) atoms. The fraction of sp³-hybridized carbons (Fsp3) is 0.300. The molecule has 1 amide bonds. The van der Waals surface area contributed by atoms with Crippen molar-refractivity contribution >= 4 is 53.2 Å². The van der Waals surface area contributed by atoms with Gasteiger partial charge in [-0.25, -0.2) is 8.42 Å². The maximum Gasteiger partial charge on any atom is 0.261 e. The highest BCUT2D eigenvalue weighted by Gasteiger charge is 2.26. The lowest BCUT2D eigenvalue weighted by molar-refractivity contribution is 0.0951. The van der Waals surface area contributed by atoms with Crippen LogP contribution in [-0.4, -0.2) is 20.4 Å². The number of benzene rings is 1. The van der Waals surface area contributed by atoms with Crippen molar-refractivity contribution in [3.05, 3.63) is 27.2 Å². The molecule has 1 fully saturated rings. The zero-order valence-corrected chi connectivity index (χ0v) is 12.8. The van der Waals surface area contributed by atoms with Gasteiger partial charge in [0.05, 0.1) is 15.5 Å². The number of nitrogens with one attached hydrogen (secondary N) is 1. The number of rotatable bonds is 3. The second kappa shape index (κ2) is 5.00. The van der Waals surface area contributed by atoms with Crippen molar-refractivity contribution in [1.29, 1.82) is 0 Å². The van der Waals surface area contributed by atoms with Gasteiger partial charge in [-0.05, 0) is 40.9 Å². The molecule has 0 aliphatic heterocycles. The van der Waals surface area contributed by atoms with Crippen LogP contribution in [0, 0.1) is 0 Å². The Bertz CT molecular complexity index is 614. The van der Waals surface area contributed by atoms with Crippen LogP contribution in [0.4, 0.5) is 0 Å². The van der Waals surface area contributed by atoms with E-state index in [1.165, 1.54) is 12.1 Å². The van der Waals surface area contributed by atoms with E-state index in [-0.39, 0.29) is 21.5 Å². The molecule has 0 saturated heterocycles. The topological polar surface area (TPSA) is 63.2 Å². The summed E-state index contributed by atoms with van der Waals surface area (Å²) in [6.45, 7) is 0. The minimum Gasteiger partial charge on any atom is -0.349 e. The van der Waals surface area contributed by atoms with Crippen molar-refractivity contribution < 1.29 is 13.2 Å². The van der Waals surface area contributed by atoms with Crippen LogP contribution in [0.5, 0.6) is 0 Å². The number of hydrogen-bond donors (Lipinski definition) is 1. The van der Waals surface area contributed by atoms with Crippen LogP contribution in [0.2, 0.25) is 5.02 Å². The van der Waals surface area contributed by atoms with Crippen LogP contribution in [0.25, 0.3) is 0 Å². The van der Waals surface area contributed by atoms with Gasteiger partial charge in [0, 0.05) is 21.2 Å². The summed E-state index contributed by atoms with van der Waals surface area (Å²) in [5.41, 5.74) is 0.0946. The van der Waals surface area contributed by atoms with E-state index in [0.717, 1.165) is 12.8 Å². The van der Waals surface area contributed by atoms with Crippen molar-refractivity contribution in [3.63, 3.8) is 0 Å². The quantitative estimate of drug-likeness (QED) is 0.829. The van der Waals surface area contributed by atoms with Crippen molar-refractivity contribution in [2.45, 2.75) is 23.8 Å². The SMILES string of the molecule is O=C(NC1CC1)c1cc(S(=O)(=O)Cl)cc(Br)c1Cl. The van der Waals surface area contributed by atoms with E-state index in [4.69, 9.17) is 22.3 Å². The van der Waals surface area contributed by atoms with Gasteiger partial charge in [0.1, 0.15) is 0 Å². The Morgan fingerprint density at radius 3 is 2.50 bits per heavy atom. The number of amides is 1. The summed E-state index contributed by atoms with van der Waals surface area (Å²) >= 11 is 9.07. The first kappa shape index (κ1) is 14.1. The van der Waals surface area contributed by atoms with Gasteiger partial charge in [0.2, 0.25) is 0 Å². The molecule has 4 nitrogen and oxygen atoms in total. The van der Waals surface area contributed by atoms with Gasteiger partial charge in [-0.3, -0.25) is 4.79 Å². The van der Waals surface area contributed by atoms with E-state index >= 15 is 0 Å². The smallest absolute Gasteiger partial charge is 0.261 e. The molecule has 98 valence electrons. The molecule has 2 rings (SSSR count). The molecule has 8 heteroatoms. The molecule has 0 aromatic heterocycles. The highest BCUT2D eigenvalue weighted by atomic mass is 79.9. The molecule has 1 aromatic rings. The summed E-state index contributed by atoms with van der Waals surface area (Å²) in [7, 11) is 1.35. The molecule has 0 radical (unpaired) electrons. The molecule has 1 aliphatic rings. The lowest BCUT2D eigenvalue weighted by Gasteiger charge is -2.08. The molecular weight excluding hydrogens is 365 g/mol. The molecule has 0 heterocycles. The van der Waals surface area contributed by atoms with Crippen molar-refractivity contribution in [3.8, 4) is 0 Å². The third-order valence-corrected chi connectivity index (χ3v) is 5.03. The molecule has 0 unspecified atom stereocenters. The Labute approximate surface area is 122 Å². The van der Waals surface area contributed by atoms with E-state index in [1.54, 1.807) is 0 Å². The third-order valence-electron chi connectivity index (χ3n) is 2.44. The van der Waals surface area contributed by atoms with Crippen LogP contribution in [0.3, 0.4) is 0 Å². The molecule has 0 bridgehead atoms. The fourth-order valence-electron chi connectivity index (χ4n) is 1.36. The van der Waals surface area contributed by atoms with Gasteiger partial charge in [0.15, 0.2) is 0 Å².